The molecular weight excluding hydrogens is 483 g/mol. The van der Waals surface area contributed by atoms with Crippen LogP contribution in [0.4, 0.5) is 22.0 Å². The lowest BCUT2D eigenvalue weighted by Gasteiger charge is -2.29. The fraction of sp³-hybridized carbons (Fsp3) is 0.407. The van der Waals surface area contributed by atoms with Crippen molar-refractivity contribution in [2.75, 3.05) is 19.8 Å². The molecule has 0 aromatic heterocycles. The Labute approximate surface area is 205 Å². The van der Waals surface area contributed by atoms with Crippen molar-refractivity contribution in [2.24, 2.45) is 0 Å². The first-order valence-corrected chi connectivity index (χ1v) is 11.8. The molecular formula is C27H27F5O4. The van der Waals surface area contributed by atoms with E-state index in [2.05, 4.69) is 4.74 Å². The molecule has 1 heterocycles. The van der Waals surface area contributed by atoms with Gasteiger partial charge < -0.3 is 18.9 Å². The predicted octanol–water partition coefficient (Wildman–Crippen LogP) is 6.51. The molecule has 0 amide bonds. The highest BCUT2D eigenvalue weighted by Crippen LogP contribution is 2.28. The molecule has 0 bridgehead atoms. The standard InChI is InChI=1S/C27H27F5O4/c1-2-33-21-15-34-25(35-16-21)12-6-17-4-10-22-20(13-17)9-8-19(26(22)29)7-3-18-5-11-24(23(28)14-18)36-27(30,31)32/h4-5,8-11,13-14,21,25H,2-3,6-7,12,15-16H2,1H3. The molecule has 4 rings (SSSR count). The summed E-state index contributed by atoms with van der Waals surface area (Å²) in [5.41, 5.74) is 1.92. The van der Waals surface area contributed by atoms with Gasteiger partial charge in [0, 0.05) is 18.4 Å². The summed E-state index contributed by atoms with van der Waals surface area (Å²) in [5.74, 6) is -2.37. The molecule has 4 nitrogen and oxygen atoms in total. The fourth-order valence-corrected chi connectivity index (χ4v) is 4.23. The highest BCUT2D eigenvalue weighted by molar-refractivity contribution is 5.84. The van der Waals surface area contributed by atoms with Crippen LogP contribution in [0.3, 0.4) is 0 Å². The van der Waals surface area contributed by atoms with Crippen LogP contribution in [0, 0.1) is 11.6 Å². The summed E-state index contributed by atoms with van der Waals surface area (Å²) in [7, 11) is 0. The third-order valence-electron chi connectivity index (χ3n) is 6.01. The molecule has 0 radical (unpaired) electrons. The van der Waals surface area contributed by atoms with Crippen LogP contribution in [0.2, 0.25) is 0 Å². The summed E-state index contributed by atoms with van der Waals surface area (Å²) < 4.78 is 86.5. The highest BCUT2D eigenvalue weighted by Gasteiger charge is 2.32. The van der Waals surface area contributed by atoms with E-state index in [4.69, 9.17) is 14.2 Å². The normalized spacial score (nSPS) is 18.5. The quantitative estimate of drug-likeness (QED) is 0.308. The van der Waals surface area contributed by atoms with E-state index in [1.807, 2.05) is 25.1 Å². The van der Waals surface area contributed by atoms with Gasteiger partial charge >= 0.3 is 6.36 Å². The molecule has 1 aliphatic heterocycles. The first-order chi connectivity index (χ1) is 17.2. The number of hydrogen-bond donors (Lipinski definition) is 0. The van der Waals surface area contributed by atoms with Gasteiger partial charge in [-0.2, -0.15) is 0 Å². The third-order valence-corrected chi connectivity index (χ3v) is 6.01. The number of fused-ring (bicyclic) bond motifs is 1. The Balaban J connectivity index is 1.35. The second-order valence-corrected chi connectivity index (χ2v) is 8.62. The Bertz CT molecular complexity index is 1170. The summed E-state index contributed by atoms with van der Waals surface area (Å²) in [4.78, 5) is 0. The van der Waals surface area contributed by atoms with E-state index in [1.54, 1.807) is 12.1 Å². The molecule has 9 heteroatoms. The van der Waals surface area contributed by atoms with Crippen molar-refractivity contribution in [1.29, 1.82) is 0 Å². The Morgan fingerprint density at radius 1 is 0.889 bits per heavy atom. The SMILES string of the molecule is CCOC1COC(CCc2ccc3c(F)c(CCc4ccc(OC(F)(F)F)c(F)c4)ccc3c2)OC1. The molecule has 3 aromatic carbocycles. The zero-order valence-electron chi connectivity index (χ0n) is 19.7. The number of halogens is 5. The molecule has 1 fully saturated rings. The molecule has 0 N–H and O–H groups in total. The lowest BCUT2D eigenvalue weighted by atomic mass is 9.98. The average Bonchev–Trinajstić information content (AvgIpc) is 2.84. The molecule has 0 spiro atoms. The molecule has 1 saturated heterocycles. The van der Waals surface area contributed by atoms with Crippen molar-refractivity contribution >= 4 is 10.8 Å². The van der Waals surface area contributed by atoms with Crippen molar-refractivity contribution in [3.05, 3.63) is 76.9 Å². The first-order valence-electron chi connectivity index (χ1n) is 11.8. The van der Waals surface area contributed by atoms with Crippen molar-refractivity contribution < 1.29 is 40.9 Å². The van der Waals surface area contributed by atoms with E-state index in [-0.39, 0.29) is 31.1 Å². The van der Waals surface area contributed by atoms with Crippen molar-refractivity contribution in [3.8, 4) is 5.75 Å². The zero-order valence-corrected chi connectivity index (χ0v) is 19.7. The Kier molecular flexibility index (Phi) is 8.43. The molecule has 0 atom stereocenters. The second-order valence-electron chi connectivity index (χ2n) is 8.62. The molecule has 0 aliphatic carbocycles. The van der Waals surface area contributed by atoms with Gasteiger partial charge in [-0.05, 0) is 60.4 Å². The molecule has 3 aromatic rings. The summed E-state index contributed by atoms with van der Waals surface area (Å²) >= 11 is 0. The lowest BCUT2D eigenvalue weighted by Crippen LogP contribution is -2.37. The predicted molar refractivity (Wildman–Crippen MR) is 124 cm³/mol. The van der Waals surface area contributed by atoms with Gasteiger partial charge in [0.1, 0.15) is 11.9 Å². The van der Waals surface area contributed by atoms with E-state index in [0.29, 0.717) is 49.2 Å². The van der Waals surface area contributed by atoms with Crippen molar-refractivity contribution in [3.63, 3.8) is 0 Å². The number of benzene rings is 3. The minimum atomic E-state index is -4.97. The van der Waals surface area contributed by atoms with Gasteiger partial charge in [-0.15, -0.1) is 13.2 Å². The smallest absolute Gasteiger partial charge is 0.403 e. The van der Waals surface area contributed by atoms with E-state index in [9.17, 15) is 17.6 Å². The topological polar surface area (TPSA) is 36.9 Å². The monoisotopic (exact) mass is 510 g/mol. The van der Waals surface area contributed by atoms with Crippen LogP contribution in [-0.2, 0) is 33.5 Å². The van der Waals surface area contributed by atoms with Crippen LogP contribution < -0.4 is 4.74 Å². The highest BCUT2D eigenvalue weighted by atomic mass is 19.4. The van der Waals surface area contributed by atoms with Crippen LogP contribution in [0.15, 0.2) is 48.5 Å². The maximum atomic E-state index is 15.1. The average molecular weight is 510 g/mol. The zero-order chi connectivity index (χ0) is 25.7. The molecule has 0 unspecified atom stereocenters. The summed E-state index contributed by atoms with van der Waals surface area (Å²) in [6.07, 6.45) is -3.39. The largest absolute Gasteiger partial charge is 0.573 e. The molecule has 194 valence electrons. The Morgan fingerprint density at radius 2 is 1.61 bits per heavy atom. The summed E-state index contributed by atoms with van der Waals surface area (Å²) in [5, 5.41) is 1.23. The van der Waals surface area contributed by atoms with Gasteiger partial charge in [0.25, 0.3) is 0 Å². The van der Waals surface area contributed by atoms with Crippen LogP contribution in [-0.4, -0.2) is 38.6 Å². The molecule has 0 saturated carbocycles. The van der Waals surface area contributed by atoms with Crippen LogP contribution in [0.1, 0.15) is 30.0 Å². The van der Waals surface area contributed by atoms with Crippen LogP contribution in [0.25, 0.3) is 10.8 Å². The number of alkyl halides is 3. The molecule has 36 heavy (non-hydrogen) atoms. The van der Waals surface area contributed by atoms with E-state index in [1.165, 1.54) is 6.07 Å². The third kappa shape index (κ3) is 6.93. The van der Waals surface area contributed by atoms with Gasteiger partial charge in [0.2, 0.25) is 0 Å². The van der Waals surface area contributed by atoms with Crippen molar-refractivity contribution in [2.45, 2.75) is 51.4 Å². The lowest BCUT2D eigenvalue weighted by molar-refractivity contribution is -0.275. The maximum Gasteiger partial charge on any atom is 0.573 e. The summed E-state index contributed by atoms with van der Waals surface area (Å²) in [6.45, 7) is 3.55. The van der Waals surface area contributed by atoms with Gasteiger partial charge in [-0.1, -0.05) is 36.4 Å². The van der Waals surface area contributed by atoms with E-state index in [0.717, 1.165) is 23.1 Å². The maximum absolute atomic E-state index is 15.1. The fourth-order valence-electron chi connectivity index (χ4n) is 4.23. The van der Waals surface area contributed by atoms with Crippen LogP contribution in [0.5, 0.6) is 5.75 Å². The van der Waals surface area contributed by atoms with Gasteiger partial charge in [-0.25, -0.2) is 8.78 Å². The van der Waals surface area contributed by atoms with Gasteiger partial charge in [0.15, 0.2) is 17.9 Å². The molecule has 1 aliphatic rings. The van der Waals surface area contributed by atoms with Gasteiger partial charge in [0.05, 0.1) is 13.2 Å². The van der Waals surface area contributed by atoms with E-state index < -0.39 is 17.9 Å². The first kappa shape index (κ1) is 26.3. The minimum Gasteiger partial charge on any atom is -0.403 e. The summed E-state index contributed by atoms with van der Waals surface area (Å²) in [6, 6.07) is 12.3. The number of ether oxygens (including phenoxy) is 4. The van der Waals surface area contributed by atoms with Crippen molar-refractivity contribution in [1.82, 2.24) is 0 Å². The Hall–Kier alpha value is -2.75. The second kappa shape index (κ2) is 11.5. The Morgan fingerprint density at radius 3 is 2.31 bits per heavy atom. The van der Waals surface area contributed by atoms with E-state index >= 15 is 4.39 Å². The number of aryl methyl sites for hydroxylation is 3. The minimum absolute atomic E-state index is 0.0362. The number of hydrogen-bond acceptors (Lipinski definition) is 4. The van der Waals surface area contributed by atoms with Crippen LogP contribution >= 0.6 is 0 Å². The number of rotatable bonds is 9. The van der Waals surface area contributed by atoms with Gasteiger partial charge in [-0.3, -0.25) is 0 Å².